The number of benzene rings is 1. The van der Waals surface area contributed by atoms with Crippen molar-refractivity contribution < 1.29 is 14.3 Å². The largest absolute Gasteiger partial charge is 0.493 e. The topological polar surface area (TPSA) is 35.5 Å². The van der Waals surface area contributed by atoms with Gasteiger partial charge in [0.25, 0.3) is 0 Å². The lowest BCUT2D eigenvalue weighted by molar-refractivity contribution is 0.0225. The summed E-state index contributed by atoms with van der Waals surface area (Å²) in [5.41, 5.74) is -0.251. The standard InChI is InChI=1S/C14H20O3/c1-5-10-17-12-9-7-6-8-11(12)13(15)14(2,3)16-4/h6-9H,5,10H2,1-4H3. The molecule has 0 saturated heterocycles. The normalized spacial score (nSPS) is 11.3. The van der Waals surface area contributed by atoms with Crippen molar-refractivity contribution in [2.24, 2.45) is 0 Å². The first kappa shape index (κ1) is 13.7. The molecule has 3 heteroatoms. The maximum atomic E-state index is 12.3. The van der Waals surface area contributed by atoms with Gasteiger partial charge in [0, 0.05) is 7.11 Å². The highest BCUT2D eigenvalue weighted by molar-refractivity contribution is 6.04. The second-order valence-corrected chi connectivity index (χ2v) is 4.39. The summed E-state index contributed by atoms with van der Waals surface area (Å²) >= 11 is 0. The van der Waals surface area contributed by atoms with E-state index in [4.69, 9.17) is 9.47 Å². The Morgan fingerprint density at radius 2 is 1.94 bits per heavy atom. The number of ether oxygens (including phenoxy) is 2. The summed E-state index contributed by atoms with van der Waals surface area (Å²) in [5.74, 6) is 0.566. The lowest BCUT2D eigenvalue weighted by atomic mass is 9.96. The number of para-hydroxylation sites is 1. The quantitative estimate of drug-likeness (QED) is 0.712. The molecule has 1 aromatic carbocycles. The van der Waals surface area contributed by atoms with Crippen molar-refractivity contribution in [3.8, 4) is 5.75 Å². The van der Waals surface area contributed by atoms with Crippen molar-refractivity contribution in [2.45, 2.75) is 32.8 Å². The fourth-order valence-electron chi connectivity index (χ4n) is 1.41. The number of hydrogen-bond donors (Lipinski definition) is 0. The minimum atomic E-state index is -0.828. The summed E-state index contributed by atoms with van der Waals surface area (Å²) in [4.78, 5) is 12.3. The summed E-state index contributed by atoms with van der Waals surface area (Å²) in [6.07, 6.45) is 0.913. The summed E-state index contributed by atoms with van der Waals surface area (Å²) in [5, 5.41) is 0. The first-order valence-electron chi connectivity index (χ1n) is 5.84. The highest BCUT2D eigenvalue weighted by Crippen LogP contribution is 2.24. The van der Waals surface area contributed by atoms with E-state index < -0.39 is 5.60 Å². The van der Waals surface area contributed by atoms with Crippen LogP contribution in [0.1, 0.15) is 37.6 Å². The Morgan fingerprint density at radius 3 is 2.53 bits per heavy atom. The second kappa shape index (κ2) is 5.82. The van der Waals surface area contributed by atoms with Crippen molar-refractivity contribution in [1.29, 1.82) is 0 Å². The molecule has 0 spiro atoms. The van der Waals surface area contributed by atoms with E-state index in [0.29, 0.717) is 17.9 Å². The fraction of sp³-hybridized carbons (Fsp3) is 0.500. The van der Waals surface area contributed by atoms with Crippen LogP contribution < -0.4 is 4.74 Å². The molecule has 0 N–H and O–H groups in total. The van der Waals surface area contributed by atoms with Crippen LogP contribution in [0.5, 0.6) is 5.75 Å². The number of carbonyl (C=O) groups is 1. The minimum Gasteiger partial charge on any atom is -0.493 e. The van der Waals surface area contributed by atoms with Crippen LogP contribution in [0.2, 0.25) is 0 Å². The van der Waals surface area contributed by atoms with Gasteiger partial charge in [-0.05, 0) is 32.4 Å². The van der Waals surface area contributed by atoms with E-state index in [1.807, 2.05) is 25.1 Å². The number of methoxy groups -OCH3 is 1. The van der Waals surface area contributed by atoms with Crippen LogP contribution in [0, 0.1) is 0 Å². The van der Waals surface area contributed by atoms with Crippen LogP contribution in [0.15, 0.2) is 24.3 Å². The van der Waals surface area contributed by atoms with Gasteiger partial charge in [0.1, 0.15) is 11.4 Å². The van der Waals surface area contributed by atoms with Gasteiger partial charge in [-0.2, -0.15) is 0 Å². The Kier molecular flexibility index (Phi) is 4.70. The molecule has 1 rings (SSSR count). The molecule has 0 radical (unpaired) electrons. The molecule has 94 valence electrons. The van der Waals surface area contributed by atoms with Gasteiger partial charge in [-0.15, -0.1) is 0 Å². The highest BCUT2D eigenvalue weighted by Gasteiger charge is 2.30. The zero-order valence-corrected chi connectivity index (χ0v) is 10.9. The molecule has 0 bridgehead atoms. The Labute approximate surface area is 103 Å². The van der Waals surface area contributed by atoms with Crippen LogP contribution >= 0.6 is 0 Å². The third-order valence-electron chi connectivity index (χ3n) is 2.65. The highest BCUT2D eigenvalue weighted by atomic mass is 16.5. The van der Waals surface area contributed by atoms with Crippen molar-refractivity contribution in [3.63, 3.8) is 0 Å². The SMILES string of the molecule is CCCOc1ccccc1C(=O)C(C)(C)OC. The van der Waals surface area contributed by atoms with Crippen LogP contribution in [0.4, 0.5) is 0 Å². The molecule has 1 aromatic rings. The van der Waals surface area contributed by atoms with E-state index in [-0.39, 0.29) is 5.78 Å². The number of ketones is 1. The van der Waals surface area contributed by atoms with E-state index in [0.717, 1.165) is 6.42 Å². The zero-order chi connectivity index (χ0) is 12.9. The molecule has 0 unspecified atom stereocenters. The smallest absolute Gasteiger partial charge is 0.197 e. The fourth-order valence-corrected chi connectivity index (χ4v) is 1.41. The summed E-state index contributed by atoms with van der Waals surface area (Å²) in [6, 6.07) is 7.28. The van der Waals surface area contributed by atoms with Crippen LogP contribution in [-0.2, 0) is 4.74 Å². The third-order valence-corrected chi connectivity index (χ3v) is 2.65. The number of carbonyl (C=O) groups excluding carboxylic acids is 1. The maximum Gasteiger partial charge on any atom is 0.197 e. The molecule has 0 atom stereocenters. The lowest BCUT2D eigenvalue weighted by Crippen LogP contribution is -2.34. The molecule has 0 aliphatic heterocycles. The van der Waals surface area contributed by atoms with Gasteiger partial charge >= 0.3 is 0 Å². The second-order valence-electron chi connectivity index (χ2n) is 4.39. The van der Waals surface area contributed by atoms with Crippen LogP contribution in [-0.4, -0.2) is 25.1 Å². The molecule has 0 saturated carbocycles. The van der Waals surface area contributed by atoms with Gasteiger partial charge in [-0.3, -0.25) is 4.79 Å². The number of rotatable bonds is 6. The third kappa shape index (κ3) is 3.30. The van der Waals surface area contributed by atoms with E-state index in [2.05, 4.69) is 0 Å². The van der Waals surface area contributed by atoms with Gasteiger partial charge in [-0.1, -0.05) is 19.1 Å². The molecule has 0 aromatic heterocycles. The molecule has 0 heterocycles. The first-order valence-corrected chi connectivity index (χ1v) is 5.84. The molecule has 0 aliphatic rings. The van der Waals surface area contributed by atoms with E-state index in [1.165, 1.54) is 7.11 Å². The predicted octanol–water partition coefficient (Wildman–Crippen LogP) is 3.08. The number of Topliss-reactive ketones (excluding diaryl/α,β-unsaturated/α-hetero) is 1. The van der Waals surface area contributed by atoms with Gasteiger partial charge in [0.2, 0.25) is 0 Å². The minimum absolute atomic E-state index is 0.0632. The van der Waals surface area contributed by atoms with E-state index >= 15 is 0 Å². The van der Waals surface area contributed by atoms with Gasteiger partial charge < -0.3 is 9.47 Å². The summed E-state index contributed by atoms with van der Waals surface area (Å²) in [6.45, 7) is 6.15. The van der Waals surface area contributed by atoms with E-state index in [1.54, 1.807) is 19.9 Å². The van der Waals surface area contributed by atoms with Crippen molar-refractivity contribution >= 4 is 5.78 Å². The van der Waals surface area contributed by atoms with Crippen molar-refractivity contribution in [1.82, 2.24) is 0 Å². The monoisotopic (exact) mass is 236 g/mol. The number of hydrogen-bond acceptors (Lipinski definition) is 3. The molecule has 0 fully saturated rings. The average Bonchev–Trinajstić information content (AvgIpc) is 2.35. The van der Waals surface area contributed by atoms with Crippen molar-refractivity contribution in [2.75, 3.05) is 13.7 Å². The predicted molar refractivity (Wildman–Crippen MR) is 67.6 cm³/mol. The van der Waals surface area contributed by atoms with Gasteiger partial charge in [0.05, 0.1) is 12.2 Å². The zero-order valence-electron chi connectivity index (χ0n) is 10.9. The average molecular weight is 236 g/mol. The Bertz CT molecular complexity index is 383. The summed E-state index contributed by atoms with van der Waals surface area (Å²) in [7, 11) is 1.54. The van der Waals surface area contributed by atoms with Gasteiger partial charge in [0.15, 0.2) is 5.78 Å². The first-order chi connectivity index (χ1) is 8.03. The molecule has 17 heavy (non-hydrogen) atoms. The molecule has 0 aliphatic carbocycles. The van der Waals surface area contributed by atoms with Crippen molar-refractivity contribution in [3.05, 3.63) is 29.8 Å². The molecule has 0 amide bonds. The van der Waals surface area contributed by atoms with Gasteiger partial charge in [-0.25, -0.2) is 0 Å². The van der Waals surface area contributed by atoms with E-state index in [9.17, 15) is 4.79 Å². The Balaban J connectivity index is 3.00. The molecule has 3 nitrogen and oxygen atoms in total. The lowest BCUT2D eigenvalue weighted by Gasteiger charge is -2.22. The summed E-state index contributed by atoms with van der Waals surface area (Å²) < 4.78 is 10.8. The molecular weight excluding hydrogens is 216 g/mol. The van der Waals surface area contributed by atoms with Crippen LogP contribution in [0.25, 0.3) is 0 Å². The Morgan fingerprint density at radius 1 is 1.29 bits per heavy atom. The van der Waals surface area contributed by atoms with Crippen LogP contribution in [0.3, 0.4) is 0 Å². The maximum absolute atomic E-state index is 12.3. The Hall–Kier alpha value is -1.35. The molecular formula is C14H20O3.